The first-order valence-electron chi connectivity index (χ1n) is 0.671. The van der Waals surface area contributed by atoms with Crippen LogP contribution in [0.15, 0.2) is 0 Å². The summed E-state index contributed by atoms with van der Waals surface area (Å²) >= 11 is 0. The molecular weight excluding hydrogens is 223 g/mol. The van der Waals surface area contributed by atoms with Crippen LogP contribution in [0.2, 0.25) is 1.41 Å². The van der Waals surface area contributed by atoms with E-state index in [1.165, 1.54) is 0 Å². The van der Waals surface area contributed by atoms with Crippen molar-refractivity contribution in [3.63, 3.8) is 0 Å². The Morgan fingerprint density at radius 3 is 1.75 bits per heavy atom. The first kappa shape index (κ1) is 9.58. The Bertz CT molecular complexity index is 17.1. The van der Waals surface area contributed by atoms with Gasteiger partial charge in [0.25, 0.3) is 0 Å². The summed E-state index contributed by atoms with van der Waals surface area (Å²) in [6.07, 6.45) is 0. The molecule has 0 aromatic heterocycles. The normalized spacial score (nSPS) is 3.50. The van der Waals surface area contributed by atoms with Gasteiger partial charge in [-0.1, -0.05) is 0 Å². The third-order valence-electron chi connectivity index (χ3n) is 0. The summed E-state index contributed by atoms with van der Waals surface area (Å²) in [6.45, 7) is 0. The third-order valence-corrected chi connectivity index (χ3v) is 0. The van der Waals surface area contributed by atoms with Crippen LogP contribution in [-0.4, -0.2) is 0 Å². The molecule has 0 aliphatic carbocycles. The average molecular weight is 227 g/mol. The van der Waals surface area contributed by atoms with E-state index in [0.717, 1.165) is 0 Å². The first-order valence-corrected chi connectivity index (χ1v) is 0.671. The molecule has 0 bridgehead atoms. The summed E-state index contributed by atoms with van der Waals surface area (Å²) in [4.78, 5) is 0. The van der Waals surface area contributed by atoms with Crippen LogP contribution in [0.1, 0.15) is 0 Å². The molecule has 0 rings (SSSR count). The Balaban J connectivity index is -0.0000000200. The SMILES string of the molecule is [3H]N=P.[Y].[Y]. The van der Waals surface area contributed by atoms with Crippen molar-refractivity contribution < 1.29 is 66.8 Å². The minimum Gasteiger partial charge on any atom is -0.287 e. The van der Waals surface area contributed by atoms with Gasteiger partial charge in [0.05, 0.1) is 0 Å². The van der Waals surface area contributed by atoms with Gasteiger partial charge in [-0.15, -0.1) is 0 Å². The Kier molecular flexibility index (Phi) is 44.3. The van der Waals surface area contributed by atoms with Gasteiger partial charge in [0.1, 0.15) is 0 Å². The summed E-state index contributed by atoms with van der Waals surface area (Å²) < 4.78 is 5.75. The average Bonchev–Trinajstić information content (AvgIpc) is 0.918. The van der Waals surface area contributed by atoms with E-state index in [2.05, 4.69) is 14.2 Å². The van der Waals surface area contributed by atoms with E-state index >= 15 is 0 Å². The summed E-state index contributed by atoms with van der Waals surface area (Å²) in [6, 6.07) is 0. The summed E-state index contributed by atoms with van der Waals surface area (Å²) in [5.74, 6) is 0. The van der Waals surface area contributed by atoms with Gasteiger partial charge in [-0.25, -0.2) is 0 Å². The Morgan fingerprint density at radius 2 is 1.75 bits per heavy atom. The molecule has 0 heterocycles. The zero-order valence-corrected chi connectivity index (χ0v) is 8.78. The smallest absolute Gasteiger partial charge is 0.192 e. The van der Waals surface area contributed by atoms with E-state index in [-0.39, 0.29) is 65.4 Å². The Morgan fingerprint density at radius 1 is 1.75 bits per heavy atom. The molecule has 0 aromatic rings. The second kappa shape index (κ2) is 18.5. The summed E-state index contributed by atoms with van der Waals surface area (Å²) in [5, 5.41) is 2.56. The van der Waals surface area contributed by atoms with Crippen molar-refractivity contribution in [3.8, 4) is 0 Å². The number of rotatable bonds is 0. The predicted octanol–water partition coefficient (Wildman–Crippen LogP) is 0.887. The van der Waals surface area contributed by atoms with Gasteiger partial charge in [0.15, 0.2) is 1.41 Å². The first-order chi connectivity index (χ1) is 1.41. The van der Waals surface area contributed by atoms with Crippen LogP contribution < -0.4 is 0 Å². The molecule has 0 aliphatic rings. The molecule has 0 atom stereocenters. The van der Waals surface area contributed by atoms with Crippen molar-refractivity contribution in [2.75, 3.05) is 0 Å². The molecule has 2 radical (unpaired) electrons. The van der Waals surface area contributed by atoms with Crippen LogP contribution in [-0.2, 0) is 65.4 Å². The van der Waals surface area contributed by atoms with Crippen LogP contribution in [0.3, 0.4) is 0 Å². The van der Waals surface area contributed by atoms with Gasteiger partial charge in [-0.05, 0) is 9.03 Å². The number of hydrogen-bond acceptors (Lipinski definition) is 1. The molecule has 0 saturated carbocycles. The van der Waals surface area contributed by atoms with Gasteiger partial charge in [-0.3, -0.25) is 5.15 Å². The third kappa shape index (κ3) is 8.85. The van der Waals surface area contributed by atoms with Gasteiger partial charge >= 0.3 is 0 Å². The van der Waals surface area contributed by atoms with Crippen molar-refractivity contribution in [3.05, 3.63) is 0 Å². The molecule has 0 unspecified atom stereocenters. The molecule has 18 valence electrons. The van der Waals surface area contributed by atoms with E-state index in [9.17, 15) is 0 Å². The van der Waals surface area contributed by atoms with Crippen LogP contribution >= 0.6 is 9.03 Å². The van der Waals surface area contributed by atoms with Crippen molar-refractivity contribution in [2.24, 2.45) is 0 Å². The Hall–Kier alpha value is 2.31. The van der Waals surface area contributed by atoms with Gasteiger partial charge < -0.3 is 0 Å². The van der Waals surface area contributed by atoms with Crippen LogP contribution in [0.4, 0.5) is 0 Å². The van der Waals surface area contributed by atoms with E-state index in [1.54, 1.807) is 0 Å². The van der Waals surface area contributed by atoms with E-state index in [0.29, 0.717) is 0 Å². The summed E-state index contributed by atoms with van der Waals surface area (Å²) in [5.41, 5.74) is 0. The number of hydrogen-bond donors (Lipinski definition) is 1. The molecule has 0 aromatic carbocycles. The fourth-order valence-corrected chi connectivity index (χ4v) is 0. The molecule has 0 amide bonds. The second-order valence-corrected chi connectivity index (χ2v) is 0. The molecule has 0 spiro atoms. The maximum absolute atomic E-state index is 5.75. The van der Waals surface area contributed by atoms with Crippen molar-refractivity contribution in [2.45, 2.75) is 0 Å². The maximum Gasteiger partial charge on any atom is 0.192 e. The maximum atomic E-state index is 5.75. The summed E-state index contributed by atoms with van der Waals surface area (Å²) in [7, 11) is 2.48. The topological polar surface area (TPSA) is 23.9 Å². The monoisotopic (exact) mass is 227 g/mol. The molecule has 1 N–H and O–H groups in total. The predicted molar refractivity (Wildman–Crippen MR) is 11.0 cm³/mol. The molecule has 0 fully saturated rings. The number of nitrogens with one attached hydrogen (secondary N) is 1. The molecule has 1 nitrogen and oxygen atoms in total. The molecule has 0 saturated heterocycles. The van der Waals surface area contributed by atoms with E-state index in [1.807, 2.05) is 0 Å². The van der Waals surface area contributed by atoms with Crippen molar-refractivity contribution >= 4 is 9.03 Å². The standard InChI is InChI=1S/H2NP.2Y/c1-2;;/h1-2H;;/i/hT. The minimum absolute atomic E-state index is 0. The van der Waals surface area contributed by atoms with E-state index < -0.39 is 0 Å². The molecule has 0 aliphatic heterocycles. The van der Waals surface area contributed by atoms with Gasteiger partial charge in [0.2, 0.25) is 0 Å². The molecular formula is H2NPY2. The Labute approximate surface area is 79.6 Å². The second-order valence-electron chi connectivity index (χ2n) is 0. The quantitative estimate of drug-likeness (QED) is 0.594. The van der Waals surface area contributed by atoms with Gasteiger partial charge in [-0.2, -0.15) is 0 Å². The van der Waals surface area contributed by atoms with Crippen LogP contribution in [0.5, 0.6) is 0 Å². The van der Waals surface area contributed by atoms with Crippen molar-refractivity contribution in [1.82, 2.24) is 0 Å². The van der Waals surface area contributed by atoms with Crippen molar-refractivity contribution in [1.29, 1.82) is 5.15 Å². The zero-order chi connectivity index (χ0) is 2.71. The fraction of sp³-hybridized carbons (Fsp3) is 0. The van der Waals surface area contributed by atoms with Gasteiger partial charge in [0, 0.05) is 65.4 Å². The largest absolute Gasteiger partial charge is 0.287 e. The minimum atomic E-state index is 0. The fourth-order valence-electron chi connectivity index (χ4n) is 0. The zero-order valence-electron chi connectivity index (χ0n) is 3.10. The molecule has 4 heavy (non-hydrogen) atoms. The van der Waals surface area contributed by atoms with E-state index in [4.69, 9.17) is 1.41 Å². The molecule has 4 heteroatoms. The van der Waals surface area contributed by atoms with Crippen LogP contribution in [0, 0.1) is 5.15 Å². The van der Waals surface area contributed by atoms with Crippen LogP contribution in [0.25, 0.3) is 0 Å².